The average molecular weight is 708 g/mol. The number of H-pyrrole nitrogens is 2. The van der Waals surface area contributed by atoms with E-state index in [1.807, 2.05) is 48.6 Å². The topological polar surface area (TPSA) is 132 Å². The Bertz CT molecular complexity index is 2090. The lowest BCUT2D eigenvalue weighted by molar-refractivity contribution is 0.0686. The van der Waals surface area contributed by atoms with Crippen LogP contribution in [-0.4, -0.2) is 42.1 Å². The van der Waals surface area contributed by atoms with Crippen molar-refractivity contribution in [1.82, 2.24) is 19.9 Å². The number of carboxylic acids is 2. The summed E-state index contributed by atoms with van der Waals surface area (Å²) in [6.45, 7) is 0. The van der Waals surface area contributed by atoms with E-state index in [4.69, 9.17) is 9.97 Å². The zero-order chi connectivity index (χ0) is 30.5. The third kappa shape index (κ3) is 4.87. The fourth-order valence-corrected chi connectivity index (χ4v) is 6.21. The van der Waals surface area contributed by atoms with Crippen molar-refractivity contribution in [2.75, 3.05) is 0 Å². The number of hydrogen-bond donors (Lipinski definition) is 4. The van der Waals surface area contributed by atoms with Crippen molar-refractivity contribution in [3.63, 3.8) is 0 Å². The van der Waals surface area contributed by atoms with Crippen LogP contribution in [0.5, 0.6) is 0 Å². The van der Waals surface area contributed by atoms with Crippen molar-refractivity contribution >= 4 is 90.2 Å². The fraction of sp³-hybridized carbons (Fsp3) is 0. The van der Waals surface area contributed by atoms with Gasteiger partial charge in [-0.05, 0) is 116 Å². The van der Waals surface area contributed by atoms with Crippen molar-refractivity contribution in [2.24, 2.45) is 0 Å². The van der Waals surface area contributed by atoms with Crippen molar-refractivity contribution in [2.45, 2.75) is 0 Å². The number of fused-ring (bicyclic) bond motifs is 8. The number of nitrogens with one attached hydrogen (secondary N) is 2. The second kappa shape index (κ2) is 10.9. The Balaban J connectivity index is 1.56. The van der Waals surface area contributed by atoms with Gasteiger partial charge in [-0.2, -0.15) is 0 Å². The summed E-state index contributed by atoms with van der Waals surface area (Å²) in [5.41, 5.74) is 9.69. The molecule has 0 radical (unpaired) electrons. The van der Waals surface area contributed by atoms with Crippen LogP contribution >= 0.6 is 31.9 Å². The monoisotopic (exact) mass is 706 g/mol. The Kier molecular flexibility index (Phi) is 6.87. The van der Waals surface area contributed by atoms with Crippen LogP contribution in [0.1, 0.15) is 43.5 Å². The van der Waals surface area contributed by atoms with Gasteiger partial charge in [-0.15, -0.1) is 0 Å². The van der Waals surface area contributed by atoms with Crippen LogP contribution in [0.2, 0.25) is 0 Å². The van der Waals surface area contributed by atoms with E-state index in [0.717, 1.165) is 53.3 Å². The van der Waals surface area contributed by atoms with Gasteiger partial charge in [-0.3, -0.25) is 0 Å². The molecular weight excluding hydrogens is 688 g/mol. The molecular formula is C34H20Br2N4O4. The lowest BCUT2D eigenvalue weighted by atomic mass is 10.0. The fourth-order valence-electron chi connectivity index (χ4n) is 5.30. The lowest BCUT2D eigenvalue weighted by Gasteiger charge is -2.05. The first-order valence-corrected chi connectivity index (χ1v) is 15.0. The Hall–Kier alpha value is -5.06. The van der Waals surface area contributed by atoms with E-state index in [2.05, 4.69) is 41.8 Å². The molecule has 2 aromatic carbocycles. The second-order valence-corrected chi connectivity index (χ2v) is 11.7. The molecule has 3 aromatic heterocycles. The number of carboxylic acid groups (broad SMARTS) is 2. The minimum absolute atomic E-state index is 0.202. The van der Waals surface area contributed by atoms with E-state index in [-0.39, 0.29) is 11.1 Å². The van der Waals surface area contributed by atoms with Gasteiger partial charge < -0.3 is 20.2 Å². The van der Waals surface area contributed by atoms with Crippen LogP contribution in [0.25, 0.3) is 68.6 Å². The summed E-state index contributed by atoms with van der Waals surface area (Å²) >= 11 is 7.50. The first-order chi connectivity index (χ1) is 21.3. The van der Waals surface area contributed by atoms with Gasteiger partial charge in [0.2, 0.25) is 0 Å². The summed E-state index contributed by atoms with van der Waals surface area (Å²) in [7, 11) is 0. The molecule has 8 nitrogen and oxygen atoms in total. The van der Waals surface area contributed by atoms with Crippen LogP contribution in [0, 0.1) is 0 Å². The third-order valence-electron chi connectivity index (χ3n) is 7.47. The number of aromatic amines is 2. The molecule has 44 heavy (non-hydrogen) atoms. The van der Waals surface area contributed by atoms with Crippen LogP contribution in [0.3, 0.4) is 0 Å². The molecule has 0 fully saturated rings. The van der Waals surface area contributed by atoms with Crippen LogP contribution in [0.15, 0.2) is 81.7 Å². The summed E-state index contributed by atoms with van der Waals surface area (Å²) in [6, 6.07) is 21.3. The number of aromatic carboxylic acids is 2. The van der Waals surface area contributed by atoms with E-state index in [1.54, 1.807) is 48.5 Å². The van der Waals surface area contributed by atoms with Gasteiger partial charge in [0.1, 0.15) is 0 Å². The molecule has 0 amide bonds. The maximum atomic E-state index is 11.5. The molecule has 0 saturated carbocycles. The number of rotatable bonds is 4. The predicted molar refractivity (Wildman–Crippen MR) is 179 cm³/mol. The Morgan fingerprint density at radius 1 is 0.500 bits per heavy atom. The highest BCUT2D eigenvalue weighted by Gasteiger charge is 2.17. The van der Waals surface area contributed by atoms with Gasteiger partial charge in [0.05, 0.1) is 53.9 Å². The summed E-state index contributed by atoms with van der Waals surface area (Å²) in [5, 5.41) is 18.8. The molecule has 0 saturated heterocycles. The standard InChI is InChI=1S/C34H20Br2N4O4/c35-31-25-13-9-21(37-25)29(17-1-5-19(6-2-17)33(41)42)22-10-14-26(38-22)32(36)28-16-12-24(40-28)30(23-11-15-27(31)39-23)18-3-7-20(8-4-18)34(43)44/h1-16,37,40H,(H,41,42)(H,43,44). The first-order valence-electron chi connectivity index (χ1n) is 13.4. The zero-order valence-corrected chi connectivity index (χ0v) is 25.8. The molecule has 5 aromatic rings. The van der Waals surface area contributed by atoms with E-state index in [0.29, 0.717) is 22.8 Å². The molecule has 2 aliphatic heterocycles. The van der Waals surface area contributed by atoms with Crippen molar-refractivity contribution in [3.8, 4) is 22.3 Å². The van der Waals surface area contributed by atoms with E-state index < -0.39 is 11.9 Å². The molecule has 8 bridgehead atoms. The molecule has 7 rings (SSSR count). The van der Waals surface area contributed by atoms with Crippen LogP contribution < -0.4 is 0 Å². The quantitative estimate of drug-likeness (QED) is 0.144. The number of benzene rings is 2. The van der Waals surface area contributed by atoms with E-state index in [9.17, 15) is 19.8 Å². The SMILES string of the molecule is O=C(O)c1ccc(-c2c3nc(c(Br)c4ccc([nH]4)c(-c4ccc(C(=O)O)cc4)c4nc(c(Br)c5ccc2[nH]5)C=C4)C=C3)cc1. The third-order valence-corrected chi connectivity index (χ3v) is 9.13. The Morgan fingerprint density at radius 3 is 1.20 bits per heavy atom. The molecule has 0 atom stereocenters. The van der Waals surface area contributed by atoms with Gasteiger partial charge in [-0.25, -0.2) is 19.6 Å². The molecule has 0 spiro atoms. The maximum Gasteiger partial charge on any atom is 0.335 e. The second-order valence-electron chi connectivity index (χ2n) is 10.1. The highest BCUT2D eigenvalue weighted by Crippen LogP contribution is 2.36. The maximum absolute atomic E-state index is 11.5. The lowest BCUT2D eigenvalue weighted by Crippen LogP contribution is -1.95. The molecule has 214 valence electrons. The molecule has 2 aliphatic rings. The van der Waals surface area contributed by atoms with Crippen LogP contribution in [0.4, 0.5) is 0 Å². The molecule has 0 aliphatic carbocycles. The predicted octanol–water partition coefficient (Wildman–Crippen LogP) is 8.91. The Morgan fingerprint density at radius 2 is 0.841 bits per heavy atom. The van der Waals surface area contributed by atoms with Gasteiger partial charge in [0.15, 0.2) is 0 Å². The number of nitrogens with zero attached hydrogens (tertiary/aromatic N) is 2. The minimum Gasteiger partial charge on any atom is -0.478 e. The average Bonchev–Trinajstić information content (AvgIpc) is 3.85. The molecule has 4 N–H and O–H groups in total. The normalized spacial score (nSPS) is 12.0. The largest absolute Gasteiger partial charge is 0.478 e. The minimum atomic E-state index is -0.989. The van der Waals surface area contributed by atoms with Gasteiger partial charge >= 0.3 is 11.9 Å². The smallest absolute Gasteiger partial charge is 0.335 e. The molecule has 10 heteroatoms. The number of halogens is 2. The Labute approximate surface area is 266 Å². The van der Waals surface area contributed by atoms with Gasteiger partial charge in [0.25, 0.3) is 0 Å². The molecule has 0 unspecified atom stereocenters. The summed E-state index contributed by atoms with van der Waals surface area (Å²) in [5.74, 6) is -1.98. The van der Waals surface area contributed by atoms with Crippen LogP contribution in [-0.2, 0) is 0 Å². The summed E-state index contributed by atoms with van der Waals surface area (Å²) < 4.78 is 1.50. The number of carbonyl (C=O) groups is 2. The van der Waals surface area contributed by atoms with Gasteiger partial charge in [0, 0.05) is 22.2 Å². The first kappa shape index (κ1) is 27.8. The number of aromatic nitrogens is 4. The zero-order valence-electron chi connectivity index (χ0n) is 22.6. The number of hydrogen-bond acceptors (Lipinski definition) is 4. The summed E-state index contributed by atoms with van der Waals surface area (Å²) in [4.78, 5) is 39.9. The highest BCUT2D eigenvalue weighted by molar-refractivity contribution is 9.11. The molecule has 5 heterocycles. The van der Waals surface area contributed by atoms with Crippen molar-refractivity contribution in [3.05, 3.63) is 116 Å². The highest BCUT2D eigenvalue weighted by atomic mass is 79.9. The van der Waals surface area contributed by atoms with Crippen molar-refractivity contribution in [1.29, 1.82) is 0 Å². The summed E-state index contributed by atoms with van der Waals surface area (Å²) in [6.07, 6.45) is 7.72. The van der Waals surface area contributed by atoms with E-state index in [1.165, 1.54) is 0 Å². The van der Waals surface area contributed by atoms with Gasteiger partial charge in [-0.1, -0.05) is 24.3 Å². The van der Waals surface area contributed by atoms with Crippen molar-refractivity contribution < 1.29 is 19.8 Å². The van der Waals surface area contributed by atoms with E-state index >= 15 is 0 Å².